The van der Waals surface area contributed by atoms with E-state index in [2.05, 4.69) is 9.80 Å². The number of hydrogen-bond acceptors (Lipinski definition) is 4. The molecule has 10 heteroatoms. The van der Waals surface area contributed by atoms with Gasteiger partial charge in [0.25, 0.3) is 0 Å². The monoisotopic (exact) mass is 510 g/mol. The first kappa shape index (κ1) is 27.8. The molecule has 2 aromatic rings. The molecule has 184 valence electrons. The van der Waals surface area contributed by atoms with Crippen LogP contribution in [0, 0.1) is 5.82 Å². The van der Waals surface area contributed by atoms with E-state index in [4.69, 9.17) is 5.11 Å². The number of halogens is 6. The van der Waals surface area contributed by atoms with Gasteiger partial charge < -0.3 is 10.2 Å². The molecule has 0 saturated carbocycles. The first-order valence-corrected chi connectivity index (χ1v) is 10.5. The Labute approximate surface area is 203 Å². The molecule has 1 aliphatic heterocycles. The van der Waals surface area contributed by atoms with Gasteiger partial charge in [-0.2, -0.15) is 13.2 Å². The molecule has 4 rings (SSSR count). The molecule has 0 amide bonds. The van der Waals surface area contributed by atoms with Gasteiger partial charge in [0, 0.05) is 44.7 Å². The molecule has 33 heavy (non-hydrogen) atoms. The van der Waals surface area contributed by atoms with E-state index in [0.29, 0.717) is 44.7 Å². The summed E-state index contributed by atoms with van der Waals surface area (Å²) in [6.07, 6.45) is -4.57. The number of fused-ring (bicyclic) bond motifs is 1. The van der Waals surface area contributed by atoms with Gasteiger partial charge in [-0.15, -0.1) is 24.8 Å². The molecule has 2 N–H and O–H groups in total. The van der Waals surface area contributed by atoms with Crippen molar-refractivity contribution in [2.45, 2.75) is 30.7 Å². The lowest BCUT2D eigenvalue weighted by molar-refractivity contribution is -0.137. The molecular formula is C23H28Cl2F4N2O2. The van der Waals surface area contributed by atoms with Gasteiger partial charge in [0.15, 0.2) is 0 Å². The minimum absolute atomic E-state index is 0. The molecule has 3 atom stereocenters. The molecule has 4 nitrogen and oxygen atoms in total. The highest BCUT2D eigenvalue weighted by Gasteiger charge is 2.39. The van der Waals surface area contributed by atoms with Gasteiger partial charge in [-0.25, -0.2) is 4.39 Å². The van der Waals surface area contributed by atoms with Gasteiger partial charge in [0.2, 0.25) is 0 Å². The van der Waals surface area contributed by atoms with Crippen molar-refractivity contribution in [1.29, 1.82) is 0 Å². The van der Waals surface area contributed by atoms with Crippen LogP contribution in [0.2, 0.25) is 0 Å². The molecule has 1 heterocycles. The molecule has 1 unspecified atom stereocenters. The molecule has 1 saturated heterocycles. The topological polar surface area (TPSA) is 46.9 Å². The molecule has 0 radical (unpaired) electrons. The first-order chi connectivity index (χ1) is 14.8. The van der Waals surface area contributed by atoms with Crippen LogP contribution in [0.3, 0.4) is 0 Å². The normalized spacial score (nSPS) is 22.2. The molecular weight excluding hydrogens is 483 g/mol. The summed E-state index contributed by atoms with van der Waals surface area (Å²) in [6, 6.07) is 10.0. The van der Waals surface area contributed by atoms with Crippen molar-refractivity contribution in [3.05, 3.63) is 70.5 Å². The minimum atomic E-state index is -4.41. The van der Waals surface area contributed by atoms with E-state index in [1.54, 1.807) is 18.2 Å². The van der Waals surface area contributed by atoms with E-state index in [0.717, 1.165) is 17.2 Å². The number of β-amino-alcohol motifs (C(OH)–C–C–N with tert-alkyl or cyclic N) is 1. The number of alkyl halides is 3. The molecule has 2 aliphatic rings. The second-order valence-electron chi connectivity index (χ2n) is 8.37. The molecule has 0 bridgehead atoms. The number of nitrogens with zero attached hydrogens (tertiary/aromatic N) is 2. The Balaban J connectivity index is 0.00000193. The van der Waals surface area contributed by atoms with Gasteiger partial charge in [-0.3, -0.25) is 9.80 Å². The summed E-state index contributed by atoms with van der Waals surface area (Å²) in [6.45, 7) is 2.74. The van der Waals surface area contributed by atoms with Gasteiger partial charge >= 0.3 is 6.18 Å². The Morgan fingerprint density at radius 2 is 1.58 bits per heavy atom. The quantitative estimate of drug-likeness (QED) is 0.590. The second-order valence-corrected chi connectivity index (χ2v) is 8.37. The Bertz CT molecular complexity index is 906. The SMILES string of the molecule is Cl.Cl.OCC(O)CN1CCN([C@H]2C[C@H](c3ccc(F)cc3)c3ccc(C(F)(F)F)cc32)CC1. The van der Waals surface area contributed by atoms with E-state index in [9.17, 15) is 22.7 Å². The first-order valence-electron chi connectivity index (χ1n) is 10.5. The zero-order chi connectivity index (χ0) is 22.2. The zero-order valence-electron chi connectivity index (χ0n) is 17.8. The number of aliphatic hydroxyl groups is 2. The Kier molecular flexibility index (Phi) is 9.56. The highest BCUT2D eigenvalue weighted by atomic mass is 35.5. The maximum absolute atomic E-state index is 13.4. The van der Waals surface area contributed by atoms with Gasteiger partial charge in [0.1, 0.15) is 5.82 Å². The van der Waals surface area contributed by atoms with Crippen molar-refractivity contribution in [3.8, 4) is 0 Å². The van der Waals surface area contributed by atoms with Crippen molar-refractivity contribution in [2.24, 2.45) is 0 Å². The van der Waals surface area contributed by atoms with Crippen LogP contribution in [0.5, 0.6) is 0 Å². The largest absolute Gasteiger partial charge is 0.416 e. The van der Waals surface area contributed by atoms with Gasteiger partial charge in [-0.05, 0) is 47.4 Å². The van der Waals surface area contributed by atoms with Crippen LogP contribution in [0.25, 0.3) is 0 Å². The summed E-state index contributed by atoms with van der Waals surface area (Å²) >= 11 is 0. The third-order valence-electron chi connectivity index (χ3n) is 6.41. The van der Waals surface area contributed by atoms with Crippen molar-refractivity contribution in [2.75, 3.05) is 39.3 Å². The maximum Gasteiger partial charge on any atom is 0.416 e. The van der Waals surface area contributed by atoms with E-state index < -0.39 is 17.8 Å². The third kappa shape index (κ3) is 6.18. The number of piperazine rings is 1. The molecule has 0 spiro atoms. The third-order valence-corrected chi connectivity index (χ3v) is 6.41. The van der Waals surface area contributed by atoms with Crippen molar-refractivity contribution in [3.63, 3.8) is 0 Å². The predicted octanol–water partition coefficient (Wildman–Crippen LogP) is 4.24. The average molecular weight is 511 g/mol. The number of aliphatic hydroxyl groups excluding tert-OH is 2. The lowest BCUT2D eigenvalue weighted by Gasteiger charge is -2.39. The number of benzene rings is 2. The lowest BCUT2D eigenvalue weighted by Crippen LogP contribution is -2.49. The van der Waals surface area contributed by atoms with Crippen molar-refractivity contribution in [1.82, 2.24) is 9.80 Å². The van der Waals surface area contributed by atoms with Crippen molar-refractivity contribution < 1.29 is 27.8 Å². The van der Waals surface area contributed by atoms with Crippen LogP contribution < -0.4 is 0 Å². The standard InChI is InChI=1S/C23H26F4N2O2.2ClH/c24-17-4-1-15(2-5-17)20-12-22(21-11-16(23(25,26)27)3-6-19(20)21)29-9-7-28(8-10-29)13-18(31)14-30;;/h1-6,11,18,20,22,30-31H,7-10,12-14H2;2*1H/t18?,20-,22+;;/m1../s1. The van der Waals surface area contributed by atoms with Crippen LogP contribution in [0.1, 0.15) is 40.6 Å². The van der Waals surface area contributed by atoms with Crippen LogP contribution in [0.4, 0.5) is 17.6 Å². The van der Waals surface area contributed by atoms with Crippen LogP contribution >= 0.6 is 24.8 Å². The summed E-state index contributed by atoms with van der Waals surface area (Å²) in [4.78, 5) is 4.25. The predicted molar refractivity (Wildman–Crippen MR) is 123 cm³/mol. The smallest absolute Gasteiger partial charge is 0.394 e. The average Bonchev–Trinajstić information content (AvgIpc) is 3.13. The Hall–Kier alpha value is -1.42. The zero-order valence-corrected chi connectivity index (χ0v) is 19.5. The summed E-state index contributed by atoms with van der Waals surface area (Å²) in [5.41, 5.74) is 1.80. The second kappa shape index (κ2) is 11.3. The highest BCUT2D eigenvalue weighted by Crippen LogP contribution is 2.48. The fourth-order valence-electron chi connectivity index (χ4n) is 4.80. The highest BCUT2D eigenvalue weighted by molar-refractivity contribution is 5.85. The van der Waals surface area contributed by atoms with Gasteiger partial charge in [0.05, 0.1) is 18.3 Å². The minimum Gasteiger partial charge on any atom is -0.394 e. The van der Waals surface area contributed by atoms with Crippen LogP contribution in [-0.2, 0) is 6.18 Å². The van der Waals surface area contributed by atoms with E-state index in [1.807, 2.05) is 0 Å². The lowest BCUT2D eigenvalue weighted by atomic mass is 9.92. The molecule has 1 aliphatic carbocycles. The van der Waals surface area contributed by atoms with E-state index in [-0.39, 0.29) is 49.2 Å². The summed E-state index contributed by atoms with van der Waals surface area (Å²) in [7, 11) is 0. The van der Waals surface area contributed by atoms with E-state index in [1.165, 1.54) is 18.2 Å². The number of hydrogen-bond donors (Lipinski definition) is 2. The summed E-state index contributed by atoms with van der Waals surface area (Å²) < 4.78 is 53.6. The fraction of sp³-hybridized carbons (Fsp3) is 0.478. The van der Waals surface area contributed by atoms with Crippen molar-refractivity contribution >= 4 is 24.8 Å². The molecule has 0 aromatic heterocycles. The van der Waals surface area contributed by atoms with Crippen LogP contribution in [-0.4, -0.2) is 65.4 Å². The molecule has 1 fully saturated rings. The molecule has 2 aromatic carbocycles. The Morgan fingerprint density at radius 1 is 0.939 bits per heavy atom. The summed E-state index contributed by atoms with van der Waals surface area (Å²) in [5.74, 6) is -0.427. The number of rotatable bonds is 5. The Morgan fingerprint density at radius 3 is 2.15 bits per heavy atom. The van der Waals surface area contributed by atoms with Crippen LogP contribution in [0.15, 0.2) is 42.5 Å². The van der Waals surface area contributed by atoms with E-state index >= 15 is 0 Å². The van der Waals surface area contributed by atoms with Gasteiger partial charge in [-0.1, -0.05) is 18.2 Å². The maximum atomic E-state index is 13.4. The summed E-state index contributed by atoms with van der Waals surface area (Å²) in [5, 5.41) is 18.7. The fourth-order valence-corrected chi connectivity index (χ4v) is 4.80.